The van der Waals surface area contributed by atoms with Gasteiger partial charge in [0.25, 0.3) is 5.91 Å². The van der Waals surface area contributed by atoms with Crippen LogP contribution >= 0.6 is 12.2 Å². The normalized spacial score (nSPS) is 10.4. The first-order valence-corrected chi connectivity index (χ1v) is 9.87. The molecule has 0 saturated carbocycles. The predicted molar refractivity (Wildman–Crippen MR) is 120 cm³/mol. The van der Waals surface area contributed by atoms with Gasteiger partial charge in [0.2, 0.25) is 0 Å². The van der Waals surface area contributed by atoms with Crippen molar-refractivity contribution < 1.29 is 9.53 Å². The Kier molecular flexibility index (Phi) is 7.51. The van der Waals surface area contributed by atoms with E-state index in [2.05, 4.69) is 39.3 Å². The molecule has 0 saturated heterocycles. The van der Waals surface area contributed by atoms with Crippen LogP contribution in [0.4, 0.5) is 5.69 Å². The summed E-state index contributed by atoms with van der Waals surface area (Å²) in [6, 6.07) is 11.9. The lowest BCUT2D eigenvalue weighted by molar-refractivity contribution is -0.111. The van der Waals surface area contributed by atoms with Crippen LogP contribution in [0.25, 0.3) is 11.0 Å². The highest BCUT2D eigenvalue weighted by atomic mass is 32.1. The van der Waals surface area contributed by atoms with Gasteiger partial charge in [-0.05, 0) is 71.9 Å². The van der Waals surface area contributed by atoms with Crippen molar-refractivity contribution in [3.8, 4) is 11.8 Å². The van der Waals surface area contributed by atoms with Crippen LogP contribution in [0.1, 0.15) is 24.0 Å². The van der Waals surface area contributed by atoms with Gasteiger partial charge >= 0.3 is 0 Å². The Morgan fingerprint density at radius 1 is 1.24 bits per heavy atom. The first kappa shape index (κ1) is 20.7. The Bertz CT molecular complexity index is 1060. The highest BCUT2D eigenvalue weighted by Gasteiger charge is 2.06. The van der Waals surface area contributed by atoms with Crippen LogP contribution in [-0.2, 0) is 22.4 Å². The average Bonchev–Trinajstić information content (AvgIpc) is 3.20. The fraction of sp³-hybridized carbons (Fsp3) is 0.261. The summed E-state index contributed by atoms with van der Waals surface area (Å²) in [7, 11) is 1.54. The number of aromatic nitrogens is 2. The number of methoxy groups -OCH3 is 1. The molecule has 1 amide bonds. The van der Waals surface area contributed by atoms with Gasteiger partial charge in [-0.15, -0.1) is 0 Å². The van der Waals surface area contributed by atoms with E-state index in [-0.39, 0.29) is 12.5 Å². The van der Waals surface area contributed by atoms with Crippen molar-refractivity contribution in [1.29, 1.82) is 0 Å². The number of amides is 1. The number of fused-ring (bicyclic) bond motifs is 1. The maximum Gasteiger partial charge on any atom is 0.300 e. The molecule has 0 aliphatic heterocycles. The summed E-state index contributed by atoms with van der Waals surface area (Å²) < 4.78 is 4.81. The monoisotopic (exact) mass is 405 g/mol. The van der Waals surface area contributed by atoms with Crippen LogP contribution in [-0.4, -0.2) is 34.5 Å². The number of hydrogen-bond donors (Lipinski definition) is 2. The van der Waals surface area contributed by atoms with Crippen LogP contribution < -0.4 is 5.32 Å². The van der Waals surface area contributed by atoms with Crippen molar-refractivity contribution in [3.63, 3.8) is 0 Å². The Labute approximate surface area is 175 Å². The van der Waals surface area contributed by atoms with E-state index in [1.54, 1.807) is 7.11 Å². The SMILES string of the molecule is COCC#CC(=O)Nc1cccc(CCC(=S)CCc2ccnc3[nH]ccc23)c1. The number of pyridine rings is 1. The van der Waals surface area contributed by atoms with Gasteiger partial charge in [-0.25, -0.2) is 4.98 Å². The molecule has 148 valence electrons. The molecule has 2 N–H and O–H groups in total. The van der Waals surface area contributed by atoms with Gasteiger partial charge < -0.3 is 15.0 Å². The molecule has 0 fully saturated rings. The second-order valence-corrected chi connectivity index (χ2v) is 7.22. The summed E-state index contributed by atoms with van der Waals surface area (Å²) in [5, 5.41) is 3.94. The van der Waals surface area contributed by atoms with Crippen molar-refractivity contribution in [2.75, 3.05) is 19.0 Å². The summed E-state index contributed by atoms with van der Waals surface area (Å²) in [5.74, 6) is 4.79. The first-order chi connectivity index (χ1) is 14.2. The average molecular weight is 406 g/mol. The van der Waals surface area contributed by atoms with Gasteiger partial charge in [0, 0.05) is 30.6 Å². The minimum Gasteiger partial charge on any atom is -0.372 e. The molecule has 2 heterocycles. The quantitative estimate of drug-likeness (QED) is 0.438. The molecule has 0 spiro atoms. The summed E-state index contributed by atoms with van der Waals surface area (Å²) >= 11 is 5.59. The number of nitrogens with zero attached hydrogens (tertiary/aromatic N) is 1. The maximum absolute atomic E-state index is 11.8. The topological polar surface area (TPSA) is 67.0 Å². The van der Waals surface area contributed by atoms with Crippen LogP contribution in [0.2, 0.25) is 0 Å². The van der Waals surface area contributed by atoms with Crippen LogP contribution in [0.15, 0.2) is 48.8 Å². The molecule has 0 bridgehead atoms. The largest absolute Gasteiger partial charge is 0.372 e. The molecular weight excluding hydrogens is 382 g/mol. The predicted octanol–water partition coefficient (Wildman–Crippen LogP) is 4.09. The Balaban J connectivity index is 1.49. The maximum atomic E-state index is 11.8. The summed E-state index contributed by atoms with van der Waals surface area (Å²) in [6.07, 6.45) is 7.19. The molecule has 5 nitrogen and oxygen atoms in total. The van der Waals surface area contributed by atoms with E-state index in [1.165, 1.54) is 5.56 Å². The van der Waals surface area contributed by atoms with Crippen LogP contribution in [0, 0.1) is 11.8 Å². The lowest BCUT2D eigenvalue weighted by Crippen LogP contribution is -2.09. The molecule has 0 radical (unpaired) electrons. The zero-order valence-corrected chi connectivity index (χ0v) is 17.1. The zero-order valence-electron chi connectivity index (χ0n) is 16.3. The molecule has 0 atom stereocenters. The number of hydrogen-bond acceptors (Lipinski definition) is 4. The number of carbonyl (C=O) groups is 1. The summed E-state index contributed by atoms with van der Waals surface area (Å²) in [6.45, 7) is 0.236. The van der Waals surface area contributed by atoms with E-state index < -0.39 is 0 Å². The van der Waals surface area contributed by atoms with E-state index in [4.69, 9.17) is 17.0 Å². The Morgan fingerprint density at radius 2 is 2.10 bits per heavy atom. The Hall–Kier alpha value is -3.01. The second-order valence-electron chi connectivity index (χ2n) is 6.64. The second kappa shape index (κ2) is 10.5. The van der Waals surface area contributed by atoms with Crippen LogP contribution in [0.3, 0.4) is 0 Å². The highest BCUT2D eigenvalue weighted by Crippen LogP contribution is 2.18. The number of H-pyrrole nitrogens is 1. The van der Waals surface area contributed by atoms with E-state index in [0.717, 1.165) is 52.8 Å². The lowest BCUT2D eigenvalue weighted by atomic mass is 10.0. The van der Waals surface area contributed by atoms with Gasteiger partial charge in [-0.1, -0.05) is 30.3 Å². The van der Waals surface area contributed by atoms with E-state index in [0.29, 0.717) is 0 Å². The van der Waals surface area contributed by atoms with E-state index >= 15 is 0 Å². The lowest BCUT2D eigenvalue weighted by Gasteiger charge is -2.07. The number of thiocarbonyl (C=S) groups is 1. The smallest absolute Gasteiger partial charge is 0.300 e. The van der Waals surface area contributed by atoms with Crippen molar-refractivity contribution in [2.45, 2.75) is 25.7 Å². The molecule has 1 aromatic carbocycles. The molecule has 0 aliphatic rings. The fourth-order valence-corrected chi connectivity index (χ4v) is 3.28. The number of aromatic amines is 1. The summed E-state index contributed by atoms with van der Waals surface area (Å²) in [4.78, 5) is 20.3. The first-order valence-electron chi connectivity index (χ1n) is 9.46. The van der Waals surface area contributed by atoms with Crippen LogP contribution in [0.5, 0.6) is 0 Å². The third-order valence-electron chi connectivity index (χ3n) is 4.52. The van der Waals surface area contributed by atoms with E-state index in [9.17, 15) is 4.79 Å². The number of aryl methyl sites for hydroxylation is 2. The molecule has 3 rings (SSSR count). The Morgan fingerprint density at radius 3 is 2.97 bits per heavy atom. The van der Waals surface area contributed by atoms with E-state index in [1.807, 2.05) is 36.7 Å². The third-order valence-corrected chi connectivity index (χ3v) is 4.93. The number of rotatable bonds is 8. The zero-order chi connectivity index (χ0) is 20.5. The standard InChI is InChI=1S/C23H23N3O2S/c1-28-15-3-6-22(27)26-19-5-2-4-17(16-19)7-9-20(29)10-8-18-11-13-24-23-21(18)12-14-25-23/h2,4-5,11-14,16H,7-10,15H2,1H3,(H,24,25)(H,26,27). The minimum absolute atomic E-state index is 0.236. The van der Waals surface area contributed by atoms with Gasteiger partial charge in [0.15, 0.2) is 0 Å². The highest BCUT2D eigenvalue weighted by molar-refractivity contribution is 7.80. The number of nitrogens with one attached hydrogen (secondary N) is 2. The summed E-state index contributed by atoms with van der Waals surface area (Å²) in [5.41, 5.74) is 4.04. The molecule has 0 aliphatic carbocycles. The van der Waals surface area contributed by atoms with Crippen molar-refractivity contribution in [1.82, 2.24) is 9.97 Å². The fourth-order valence-electron chi connectivity index (χ4n) is 3.07. The number of ether oxygens (including phenoxy) is 1. The number of benzene rings is 1. The molecule has 2 aromatic heterocycles. The molecular formula is C23H23N3O2S. The van der Waals surface area contributed by atoms with Gasteiger partial charge in [-0.3, -0.25) is 4.79 Å². The molecule has 6 heteroatoms. The number of anilines is 1. The van der Waals surface area contributed by atoms with Crippen molar-refractivity contribution in [3.05, 3.63) is 59.9 Å². The minimum atomic E-state index is -0.344. The number of carbonyl (C=O) groups excluding carboxylic acids is 1. The molecule has 0 unspecified atom stereocenters. The van der Waals surface area contributed by atoms with Gasteiger partial charge in [-0.2, -0.15) is 0 Å². The van der Waals surface area contributed by atoms with Crippen molar-refractivity contribution >= 4 is 39.7 Å². The van der Waals surface area contributed by atoms with Gasteiger partial charge in [0.1, 0.15) is 12.3 Å². The third kappa shape index (κ3) is 6.24. The molecule has 3 aromatic rings. The molecule has 29 heavy (non-hydrogen) atoms. The van der Waals surface area contributed by atoms with Gasteiger partial charge in [0.05, 0.1) is 0 Å². The van der Waals surface area contributed by atoms with Crippen molar-refractivity contribution in [2.24, 2.45) is 0 Å².